The Bertz CT molecular complexity index is 188. The Kier molecular flexibility index (Phi) is 9.59. The summed E-state index contributed by atoms with van der Waals surface area (Å²) in [6.45, 7) is 8.27. The molecule has 1 unspecified atom stereocenters. The first-order valence-corrected chi connectivity index (χ1v) is 8.93. The van der Waals surface area contributed by atoms with Crippen LogP contribution >= 0.6 is 0 Å². The zero-order valence-electron chi connectivity index (χ0n) is 13.7. The van der Waals surface area contributed by atoms with E-state index in [1.807, 2.05) is 0 Å². The van der Waals surface area contributed by atoms with E-state index in [2.05, 4.69) is 26.1 Å². The maximum absolute atomic E-state index is 3.85. The number of hydrogen-bond donors (Lipinski definition) is 1. The van der Waals surface area contributed by atoms with Gasteiger partial charge in [0.15, 0.2) is 0 Å². The van der Waals surface area contributed by atoms with Crippen molar-refractivity contribution in [1.29, 1.82) is 0 Å². The Hall–Kier alpha value is -0.0400. The Labute approximate surface area is 121 Å². The summed E-state index contributed by atoms with van der Waals surface area (Å²) in [4.78, 5) is 0. The van der Waals surface area contributed by atoms with Crippen molar-refractivity contribution < 1.29 is 0 Å². The molecule has 1 fully saturated rings. The van der Waals surface area contributed by atoms with E-state index in [9.17, 15) is 0 Å². The molecule has 0 aromatic carbocycles. The Morgan fingerprint density at radius 1 is 0.737 bits per heavy atom. The summed E-state index contributed by atoms with van der Waals surface area (Å²) in [6.07, 6.45) is 16.0. The van der Waals surface area contributed by atoms with Crippen LogP contribution in [0.2, 0.25) is 0 Å². The average molecular weight is 268 g/mol. The van der Waals surface area contributed by atoms with Crippen LogP contribution in [0.3, 0.4) is 0 Å². The van der Waals surface area contributed by atoms with Crippen LogP contribution in [-0.2, 0) is 0 Å². The van der Waals surface area contributed by atoms with Crippen molar-refractivity contribution in [1.82, 2.24) is 5.32 Å². The van der Waals surface area contributed by atoms with E-state index < -0.39 is 0 Å². The van der Waals surface area contributed by atoms with Gasteiger partial charge in [0.2, 0.25) is 0 Å². The summed E-state index contributed by atoms with van der Waals surface area (Å²) in [5.74, 6) is 1.61. The van der Waals surface area contributed by atoms with E-state index >= 15 is 0 Å². The maximum atomic E-state index is 3.85. The molecule has 0 saturated heterocycles. The molecule has 1 saturated carbocycles. The fourth-order valence-corrected chi connectivity index (χ4v) is 2.96. The maximum Gasteiger partial charge on any atom is 0.00671 e. The minimum absolute atomic E-state index is 0.792. The molecule has 0 radical (unpaired) electrons. The predicted molar refractivity (Wildman–Crippen MR) is 86.6 cm³/mol. The quantitative estimate of drug-likeness (QED) is 0.705. The normalized spacial score (nSPS) is 22.7. The second kappa shape index (κ2) is 10.7. The standard InChI is InChI=1S/C18H37N/c1-16(2)17(3)15-19-18-13-11-9-7-5-4-6-8-10-12-14-18/h16-19H,4-15H2,1-3H3. The third-order valence-electron chi connectivity index (χ3n) is 4.97. The summed E-state index contributed by atoms with van der Waals surface area (Å²) >= 11 is 0. The van der Waals surface area contributed by atoms with Gasteiger partial charge in [0, 0.05) is 6.04 Å². The van der Waals surface area contributed by atoms with Gasteiger partial charge < -0.3 is 5.32 Å². The lowest BCUT2D eigenvalue weighted by molar-refractivity contribution is 0.338. The number of rotatable bonds is 4. The molecule has 0 aromatic heterocycles. The van der Waals surface area contributed by atoms with Gasteiger partial charge in [0.1, 0.15) is 0 Å². The van der Waals surface area contributed by atoms with E-state index in [1.165, 1.54) is 77.2 Å². The number of nitrogens with one attached hydrogen (secondary N) is 1. The lowest BCUT2D eigenvalue weighted by atomic mass is 9.95. The summed E-state index contributed by atoms with van der Waals surface area (Å²) in [7, 11) is 0. The van der Waals surface area contributed by atoms with E-state index in [0.717, 1.165) is 17.9 Å². The molecule has 1 N–H and O–H groups in total. The highest BCUT2D eigenvalue weighted by Gasteiger charge is 2.12. The molecule has 0 aliphatic heterocycles. The summed E-state index contributed by atoms with van der Waals surface area (Å²) in [5, 5.41) is 3.85. The second-order valence-electron chi connectivity index (χ2n) is 7.09. The van der Waals surface area contributed by atoms with Gasteiger partial charge in [-0.1, -0.05) is 78.6 Å². The van der Waals surface area contributed by atoms with Gasteiger partial charge >= 0.3 is 0 Å². The van der Waals surface area contributed by atoms with Gasteiger partial charge in [-0.15, -0.1) is 0 Å². The van der Waals surface area contributed by atoms with Crippen LogP contribution in [0.15, 0.2) is 0 Å². The minimum atomic E-state index is 0.792. The number of hydrogen-bond acceptors (Lipinski definition) is 1. The highest BCUT2D eigenvalue weighted by atomic mass is 14.9. The van der Waals surface area contributed by atoms with Crippen LogP contribution in [0.5, 0.6) is 0 Å². The van der Waals surface area contributed by atoms with Crippen molar-refractivity contribution in [2.45, 2.75) is 97.4 Å². The molecule has 0 spiro atoms. The summed E-state index contributed by atoms with van der Waals surface area (Å²) in [6, 6.07) is 0.792. The van der Waals surface area contributed by atoms with Crippen LogP contribution in [0.25, 0.3) is 0 Å². The second-order valence-corrected chi connectivity index (χ2v) is 7.09. The molecule has 1 heteroatoms. The molecule has 1 nitrogen and oxygen atoms in total. The van der Waals surface area contributed by atoms with Gasteiger partial charge in [-0.25, -0.2) is 0 Å². The minimum Gasteiger partial charge on any atom is -0.314 e. The average Bonchev–Trinajstić information content (AvgIpc) is 2.37. The van der Waals surface area contributed by atoms with Crippen LogP contribution in [-0.4, -0.2) is 12.6 Å². The molecule has 0 bridgehead atoms. The van der Waals surface area contributed by atoms with Crippen molar-refractivity contribution in [2.24, 2.45) is 11.8 Å². The molecular weight excluding hydrogens is 230 g/mol. The van der Waals surface area contributed by atoms with Crippen LogP contribution in [0.1, 0.15) is 91.4 Å². The molecule has 0 heterocycles. The van der Waals surface area contributed by atoms with Crippen molar-refractivity contribution >= 4 is 0 Å². The highest BCUT2D eigenvalue weighted by Crippen LogP contribution is 2.17. The van der Waals surface area contributed by atoms with Crippen molar-refractivity contribution in [3.8, 4) is 0 Å². The lowest BCUT2D eigenvalue weighted by Gasteiger charge is -2.23. The summed E-state index contributed by atoms with van der Waals surface area (Å²) < 4.78 is 0. The fraction of sp³-hybridized carbons (Fsp3) is 1.00. The molecule has 1 atom stereocenters. The molecular formula is C18H37N. The third kappa shape index (κ3) is 8.68. The topological polar surface area (TPSA) is 12.0 Å². The van der Waals surface area contributed by atoms with Crippen molar-refractivity contribution in [3.63, 3.8) is 0 Å². The molecule has 1 aliphatic carbocycles. The van der Waals surface area contributed by atoms with E-state index in [1.54, 1.807) is 0 Å². The van der Waals surface area contributed by atoms with E-state index in [-0.39, 0.29) is 0 Å². The molecule has 0 amide bonds. The van der Waals surface area contributed by atoms with Gasteiger partial charge in [-0.05, 0) is 31.2 Å². The van der Waals surface area contributed by atoms with Crippen LogP contribution in [0, 0.1) is 11.8 Å². The molecule has 1 rings (SSSR count). The van der Waals surface area contributed by atoms with Crippen LogP contribution < -0.4 is 5.32 Å². The van der Waals surface area contributed by atoms with E-state index in [0.29, 0.717) is 0 Å². The largest absolute Gasteiger partial charge is 0.314 e. The third-order valence-corrected chi connectivity index (χ3v) is 4.97. The van der Waals surface area contributed by atoms with Gasteiger partial charge in [-0.3, -0.25) is 0 Å². The Morgan fingerprint density at radius 3 is 1.58 bits per heavy atom. The van der Waals surface area contributed by atoms with Crippen molar-refractivity contribution in [2.75, 3.05) is 6.54 Å². The molecule has 1 aliphatic rings. The first-order chi connectivity index (χ1) is 9.20. The smallest absolute Gasteiger partial charge is 0.00671 e. The SMILES string of the molecule is CC(C)C(C)CNC1CCCCCCCCCCC1. The monoisotopic (exact) mass is 267 g/mol. The van der Waals surface area contributed by atoms with Gasteiger partial charge in [0.25, 0.3) is 0 Å². The van der Waals surface area contributed by atoms with Gasteiger partial charge in [0.05, 0.1) is 0 Å². The zero-order chi connectivity index (χ0) is 13.9. The molecule has 0 aromatic rings. The first kappa shape index (κ1) is 17.0. The summed E-state index contributed by atoms with van der Waals surface area (Å²) in [5.41, 5.74) is 0. The zero-order valence-corrected chi connectivity index (χ0v) is 13.7. The molecule has 19 heavy (non-hydrogen) atoms. The Morgan fingerprint density at radius 2 is 1.16 bits per heavy atom. The first-order valence-electron chi connectivity index (χ1n) is 8.93. The van der Waals surface area contributed by atoms with Crippen LogP contribution in [0.4, 0.5) is 0 Å². The van der Waals surface area contributed by atoms with Gasteiger partial charge in [-0.2, -0.15) is 0 Å². The van der Waals surface area contributed by atoms with Crippen molar-refractivity contribution in [3.05, 3.63) is 0 Å². The Balaban J connectivity index is 2.26. The van der Waals surface area contributed by atoms with E-state index in [4.69, 9.17) is 0 Å². The molecule has 114 valence electrons. The lowest BCUT2D eigenvalue weighted by Crippen LogP contribution is -2.34. The fourth-order valence-electron chi connectivity index (χ4n) is 2.96. The highest BCUT2D eigenvalue weighted by molar-refractivity contribution is 4.71. The predicted octanol–water partition coefficient (Wildman–Crippen LogP) is 5.54.